The van der Waals surface area contributed by atoms with Crippen molar-refractivity contribution in [3.63, 3.8) is 0 Å². The summed E-state index contributed by atoms with van der Waals surface area (Å²) in [6, 6.07) is 7.92. The highest BCUT2D eigenvalue weighted by atomic mass is 16.5. The number of hydrogen-bond donors (Lipinski definition) is 1. The highest BCUT2D eigenvalue weighted by Crippen LogP contribution is 2.13. The van der Waals surface area contributed by atoms with Gasteiger partial charge in [-0.3, -0.25) is 4.90 Å². The second-order valence-corrected chi connectivity index (χ2v) is 4.01. The molecule has 18 heavy (non-hydrogen) atoms. The maximum Gasteiger partial charge on any atom is 0.328 e. The van der Waals surface area contributed by atoms with Gasteiger partial charge in [0.25, 0.3) is 0 Å². The molecule has 4 nitrogen and oxygen atoms in total. The van der Waals surface area contributed by atoms with Crippen LogP contribution in [0.5, 0.6) is 5.75 Å². The standard InChI is InChI=1S/C14H19NO3/c1-3-18-13-8-6-12(7-9-13)11-15(2)10-4-5-14(16)17/h4-9H,3,10-11H2,1-2H3,(H,16,17)/b5-4+. The average Bonchev–Trinajstić information content (AvgIpc) is 2.31. The Hall–Kier alpha value is -1.81. The Bertz CT molecular complexity index is 398. The van der Waals surface area contributed by atoms with Crippen LogP contribution in [0.1, 0.15) is 12.5 Å². The molecule has 4 heteroatoms. The minimum Gasteiger partial charge on any atom is -0.494 e. The molecule has 0 fully saturated rings. The summed E-state index contributed by atoms with van der Waals surface area (Å²) in [6.07, 6.45) is 2.80. The number of hydrogen-bond acceptors (Lipinski definition) is 3. The van der Waals surface area contributed by atoms with Gasteiger partial charge in [0, 0.05) is 19.2 Å². The van der Waals surface area contributed by atoms with E-state index < -0.39 is 5.97 Å². The third-order valence-corrected chi connectivity index (χ3v) is 2.36. The fraction of sp³-hybridized carbons (Fsp3) is 0.357. The maximum absolute atomic E-state index is 10.3. The number of benzene rings is 1. The number of carboxylic acids is 1. The Morgan fingerprint density at radius 3 is 2.61 bits per heavy atom. The first kappa shape index (κ1) is 14.3. The van der Waals surface area contributed by atoms with E-state index in [0.717, 1.165) is 18.4 Å². The van der Waals surface area contributed by atoms with Crippen LogP contribution < -0.4 is 4.74 Å². The zero-order valence-electron chi connectivity index (χ0n) is 10.8. The van der Waals surface area contributed by atoms with E-state index in [4.69, 9.17) is 9.84 Å². The van der Waals surface area contributed by atoms with E-state index in [1.165, 1.54) is 5.56 Å². The summed E-state index contributed by atoms with van der Waals surface area (Å²) in [6.45, 7) is 4.01. The zero-order chi connectivity index (χ0) is 13.4. The van der Waals surface area contributed by atoms with Crippen LogP contribution in [0.25, 0.3) is 0 Å². The predicted molar refractivity (Wildman–Crippen MR) is 70.7 cm³/mol. The van der Waals surface area contributed by atoms with E-state index in [0.29, 0.717) is 13.2 Å². The van der Waals surface area contributed by atoms with E-state index in [9.17, 15) is 4.79 Å². The van der Waals surface area contributed by atoms with Gasteiger partial charge in [-0.25, -0.2) is 4.79 Å². The van der Waals surface area contributed by atoms with Crippen LogP contribution in [0.3, 0.4) is 0 Å². The van der Waals surface area contributed by atoms with Crippen LogP contribution >= 0.6 is 0 Å². The lowest BCUT2D eigenvalue weighted by Crippen LogP contribution is -2.17. The van der Waals surface area contributed by atoms with Crippen LogP contribution in [-0.4, -0.2) is 36.2 Å². The number of carbonyl (C=O) groups is 1. The molecule has 0 radical (unpaired) electrons. The molecular weight excluding hydrogens is 230 g/mol. The van der Waals surface area contributed by atoms with Crippen molar-refractivity contribution in [2.24, 2.45) is 0 Å². The molecule has 0 aromatic heterocycles. The molecule has 0 spiro atoms. The van der Waals surface area contributed by atoms with E-state index >= 15 is 0 Å². The van der Waals surface area contributed by atoms with Gasteiger partial charge < -0.3 is 9.84 Å². The lowest BCUT2D eigenvalue weighted by atomic mass is 10.2. The van der Waals surface area contributed by atoms with Crippen molar-refractivity contribution in [2.75, 3.05) is 20.2 Å². The minimum absolute atomic E-state index is 0.611. The Kier molecular flexibility index (Phi) is 5.94. The lowest BCUT2D eigenvalue weighted by molar-refractivity contribution is -0.131. The third kappa shape index (κ3) is 5.50. The summed E-state index contributed by atoms with van der Waals surface area (Å²) >= 11 is 0. The van der Waals surface area contributed by atoms with Crippen LogP contribution in [-0.2, 0) is 11.3 Å². The van der Waals surface area contributed by atoms with Crippen molar-refractivity contribution < 1.29 is 14.6 Å². The molecule has 0 saturated carbocycles. The van der Waals surface area contributed by atoms with Gasteiger partial charge in [-0.1, -0.05) is 18.2 Å². The monoisotopic (exact) mass is 249 g/mol. The van der Waals surface area contributed by atoms with Gasteiger partial charge in [0.2, 0.25) is 0 Å². The number of carboxylic acid groups (broad SMARTS) is 1. The Labute approximate surface area is 107 Å². The highest BCUT2D eigenvalue weighted by Gasteiger charge is 1.99. The van der Waals surface area contributed by atoms with E-state index in [1.54, 1.807) is 6.08 Å². The van der Waals surface area contributed by atoms with Gasteiger partial charge in [0.05, 0.1) is 6.61 Å². The molecule has 0 saturated heterocycles. The van der Waals surface area contributed by atoms with Gasteiger partial charge in [-0.15, -0.1) is 0 Å². The van der Waals surface area contributed by atoms with E-state index in [1.807, 2.05) is 43.1 Å². The van der Waals surface area contributed by atoms with Gasteiger partial charge >= 0.3 is 5.97 Å². The fourth-order valence-electron chi connectivity index (χ4n) is 1.57. The van der Waals surface area contributed by atoms with Crippen molar-refractivity contribution in [1.82, 2.24) is 4.90 Å². The Morgan fingerprint density at radius 2 is 2.06 bits per heavy atom. The smallest absolute Gasteiger partial charge is 0.328 e. The molecule has 0 bridgehead atoms. The molecule has 0 amide bonds. The van der Waals surface area contributed by atoms with Crippen molar-refractivity contribution in [3.8, 4) is 5.75 Å². The van der Waals surface area contributed by atoms with Crippen LogP contribution in [0.4, 0.5) is 0 Å². The van der Waals surface area contributed by atoms with Crippen LogP contribution in [0.2, 0.25) is 0 Å². The van der Waals surface area contributed by atoms with Gasteiger partial charge in [-0.05, 0) is 31.7 Å². The first-order chi connectivity index (χ1) is 8.61. The quantitative estimate of drug-likeness (QED) is 0.752. The summed E-state index contributed by atoms with van der Waals surface area (Å²) in [5, 5.41) is 8.48. The molecule has 1 aromatic rings. The largest absolute Gasteiger partial charge is 0.494 e. The molecule has 1 rings (SSSR count). The summed E-state index contributed by atoms with van der Waals surface area (Å²) in [5.41, 5.74) is 1.17. The second kappa shape index (κ2) is 7.50. The SMILES string of the molecule is CCOc1ccc(CN(C)C/C=C/C(=O)O)cc1. The molecular formula is C14H19NO3. The minimum atomic E-state index is -0.913. The number of nitrogens with zero attached hydrogens (tertiary/aromatic N) is 1. The van der Waals surface area contributed by atoms with Gasteiger partial charge in [0.1, 0.15) is 5.75 Å². The van der Waals surface area contributed by atoms with Crippen molar-refractivity contribution in [3.05, 3.63) is 42.0 Å². The summed E-state index contributed by atoms with van der Waals surface area (Å²) in [4.78, 5) is 12.4. The Balaban J connectivity index is 2.44. The second-order valence-electron chi connectivity index (χ2n) is 4.01. The maximum atomic E-state index is 10.3. The normalized spacial score (nSPS) is 11.1. The molecule has 0 unspecified atom stereocenters. The Morgan fingerprint density at radius 1 is 1.39 bits per heavy atom. The first-order valence-electron chi connectivity index (χ1n) is 5.91. The number of likely N-dealkylation sites (N-methyl/N-ethyl adjacent to an activating group) is 1. The van der Waals surface area contributed by atoms with Gasteiger partial charge in [0.15, 0.2) is 0 Å². The molecule has 1 N–H and O–H groups in total. The van der Waals surface area contributed by atoms with E-state index in [-0.39, 0.29) is 0 Å². The summed E-state index contributed by atoms with van der Waals surface area (Å²) < 4.78 is 5.37. The fourth-order valence-corrected chi connectivity index (χ4v) is 1.57. The molecule has 0 atom stereocenters. The third-order valence-electron chi connectivity index (χ3n) is 2.36. The average molecular weight is 249 g/mol. The van der Waals surface area contributed by atoms with Crippen LogP contribution in [0, 0.1) is 0 Å². The number of rotatable bonds is 7. The lowest BCUT2D eigenvalue weighted by Gasteiger charge is -2.14. The van der Waals surface area contributed by atoms with Crippen LogP contribution in [0.15, 0.2) is 36.4 Å². The highest BCUT2D eigenvalue weighted by molar-refractivity contribution is 5.79. The molecule has 1 aromatic carbocycles. The number of ether oxygens (including phenoxy) is 1. The molecule has 0 aliphatic heterocycles. The van der Waals surface area contributed by atoms with Crippen molar-refractivity contribution in [1.29, 1.82) is 0 Å². The number of aliphatic carboxylic acids is 1. The van der Waals surface area contributed by atoms with Crippen molar-refractivity contribution >= 4 is 5.97 Å². The van der Waals surface area contributed by atoms with Gasteiger partial charge in [-0.2, -0.15) is 0 Å². The molecule has 0 aliphatic carbocycles. The molecule has 0 aliphatic rings. The zero-order valence-corrected chi connectivity index (χ0v) is 10.8. The predicted octanol–water partition coefficient (Wildman–Crippen LogP) is 2.16. The topological polar surface area (TPSA) is 49.8 Å². The molecule has 98 valence electrons. The van der Waals surface area contributed by atoms with E-state index in [2.05, 4.69) is 0 Å². The first-order valence-corrected chi connectivity index (χ1v) is 5.91. The van der Waals surface area contributed by atoms with Crippen molar-refractivity contribution in [2.45, 2.75) is 13.5 Å². The summed E-state index contributed by atoms with van der Waals surface area (Å²) in [5.74, 6) is -0.0425. The summed E-state index contributed by atoms with van der Waals surface area (Å²) in [7, 11) is 1.95. The molecule has 0 heterocycles.